The summed E-state index contributed by atoms with van der Waals surface area (Å²) in [6.45, 7) is 3.40. The number of aryl methyl sites for hydroxylation is 1. The first-order valence-corrected chi connectivity index (χ1v) is 6.67. The first kappa shape index (κ1) is 14.6. The van der Waals surface area contributed by atoms with Crippen LogP contribution in [0, 0.1) is 18.8 Å². The van der Waals surface area contributed by atoms with Gasteiger partial charge < -0.3 is 4.74 Å². The van der Waals surface area contributed by atoms with Gasteiger partial charge in [0.25, 0.3) is 0 Å². The summed E-state index contributed by atoms with van der Waals surface area (Å²) >= 11 is 0. The molecule has 0 saturated carbocycles. The fraction of sp³-hybridized carbons (Fsp3) is 0.105. The average molecular weight is 276 g/mol. The van der Waals surface area contributed by atoms with E-state index in [1.165, 1.54) is 6.92 Å². The molecule has 2 aromatic carbocycles. The van der Waals surface area contributed by atoms with Crippen molar-refractivity contribution in [1.29, 1.82) is 0 Å². The van der Waals surface area contributed by atoms with Gasteiger partial charge in [0.2, 0.25) is 0 Å². The standard InChI is InChI=1S/C19H16O2/c1-15-8-6-9-17(14-15)10-7-13-19(21-16(2)20)18-11-4-3-5-12-18/h3-6,8-9,11-14H,1-2H3/b19-13-. The summed E-state index contributed by atoms with van der Waals surface area (Å²) in [5, 5.41) is 0. The molecule has 0 radical (unpaired) electrons. The molecule has 0 spiro atoms. The van der Waals surface area contributed by atoms with Gasteiger partial charge in [-0.2, -0.15) is 0 Å². The summed E-state index contributed by atoms with van der Waals surface area (Å²) in [7, 11) is 0. The van der Waals surface area contributed by atoms with Crippen molar-refractivity contribution in [2.45, 2.75) is 13.8 Å². The highest BCUT2D eigenvalue weighted by molar-refractivity contribution is 5.77. The van der Waals surface area contributed by atoms with Crippen molar-refractivity contribution in [1.82, 2.24) is 0 Å². The first-order chi connectivity index (χ1) is 10.1. The third kappa shape index (κ3) is 4.67. The fourth-order valence-corrected chi connectivity index (χ4v) is 1.84. The molecule has 0 aliphatic carbocycles. The zero-order valence-corrected chi connectivity index (χ0v) is 12.1. The molecular formula is C19H16O2. The topological polar surface area (TPSA) is 26.3 Å². The molecule has 0 unspecified atom stereocenters. The normalized spacial score (nSPS) is 10.5. The van der Waals surface area contributed by atoms with E-state index in [1.54, 1.807) is 6.08 Å². The van der Waals surface area contributed by atoms with Gasteiger partial charge in [-0.15, -0.1) is 0 Å². The molecule has 0 atom stereocenters. The summed E-state index contributed by atoms with van der Waals surface area (Å²) in [4.78, 5) is 11.2. The van der Waals surface area contributed by atoms with Crippen LogP contribution >= 0.6 is 0 Å². The summed E-state index contributed by atoms with van der Waals surface area (Å²) in [6, 6.07) is 17.4. The number of benzene rings is 2. The van der Waals surface area contributed by atoms with Crippen molar-refractivity contribution in [2.24, 2.45) is 0 Å². The first-order valence-electron chi connectivity index (χ1n) is 6.67. The van der Waals surface area contributed by atoms with Crippen molar-refractivity contribution >= 4 is 11.7 Å². The summed E-state index contributed by atoms with van der Waals surface area (Å²) in [5.41, 5.74) is 2.92. The number of carbonyl (C=O) groups excluding carboxylic acids is 1. The average Bonchev–Trinajstić information content (AvgIpc) is 2.47. The molecular weight excluding hydrogens is 260 g/mol. The molecule has 0 saturated heterocycles. The van der Waals surface area contributed by atoms with E-state index in [1.807, 2.05) is 61.5 Å². The van der Waals surface area contributed by atoms with Crippen LogP contribution in [0.1, 0.15) is 23.6 Å². The zero-order valence-electron chi connectivity index (χ0n) is 12.1. The monoisotopic (exact) mass is 276 g/mol. The molecule has 0 aliphatic rings. The Labute approximate surface area is 125 Å². The van der Waals surface area contributed by atoms with Crippen molar-refractivity contribution in [3.63, 3.8) is 0 Å². The number of hydrogen-bond donors (Lipinski definition) is 0. The Balaban J connectivity index is 2.28. The van der Waals surface area contributed by atoms with Gasteiger partial charge in [-0.3, -0.25) is 4.79 Å². The molecule has 0 N–H and O–H groups in total. The minimum atomic E-state index is -0.359. The summed E-state index contributed by atoms with van der Waals surface area (Å²) in [5.74, 6) is 6.09. The minimum Gasteiger partial charge on any atom is -0.425 e. The second-order valence-electron chi connectivity index (χ2n) is 4.61. The summed E-state index contributed by atoms with van der Waals surface area (Å²) in [6.07, 6.45) is 1.62. The van der Waals surface area contributed by atoms with Gasteiger partial charge in [-0.1, -0.05) is 54.3 Å². The molecule has 104 valence electrons. The van der Waals surface area contributed by atoms with Crippen molar-refractivity contribution in [3.8, 4) is 11.8 Å². The van der Waals surface area contributed by atoms with Gasteiger partial charge in [-0.05, 0) is 24.6 Å². The molecule has 2 rings (SSSR count). The van der Waals surface area contributed by atoms with Crippen LogP contribution < -0.4 is 0 Å². The van der Waals surface area contributed by atoms with Crippen molar-refractivity contribution in [3.05, 3.63) is 77.4 Å². The summed E-state index contributed by atoms with van der Waals surface area (Å²) < 4.78 is 5.22. The Morgan fingerprint density at radius 3 is 2.52 bits per heavy atom. The predicted octanol–water partition coefficient (Wildman–Crippen LogP) is 3.95. The quantitative estimate of drug-likeness (QED) is 0.471. The number of ether oxygens (including phenoxy) is 1. The SMILES string of the molecule is CC(=O)O/C(=C\C#Cc1cccc(C)c1)c1ccccc1. The van der Waals surface area contributed by atoms with Crippen LogP contribution in [0.25, 0.3) is 5.76 Å². The Bertz CT molecular complexity index is 716. The Kier molecular flexibility index (Phi) is 4.95. The largest absolute Gasteiger partial charge is 0.425 e. The van der Waals surface area contributed by atoms with E-state index in [2.05, 4.69) is 11.8 Å². The van der Waals surface area contributed by atoms with Gasteiger partial charge in [-0.25, -0.2) is 0 Å². The van der Waals surface area contributed by atoms with Crippen LogP contribution in [0.5, 0.6) is 0 Å². The molecule has 0 heterocycles. The maximum Gasteiger partial charge on any atom is 0.308 e. The fourth-order valence-electron chi connectivity index (χ4n) is 1.84. The van der Waals surface area contributed by atoms with Gasteiger partial charge in [0.1, 0.15) is 5.76 Å². The van der Waals surface area contributed by atoms with Crippen LogP contribution in [0.2, 0.25) is 0 Å². The van der Waals surface area contributed by atoms with Gasteiger partial charge in [0.15, 0.2) is 0 Å². The lowest BCUT2D eigenvalue weighted by Gasteiger charge is -2.05. The highest BCUT2D eigenvalue weighted by Gasteiger charge is 2.04. The smallest absolute Gasteiger partial charge is 0.308 e. The number of allylic oxidation sites excluding steroid dienone is 1. The van der Waals surface area contributed by atoms with Crippen molar-refractivity contribution < 1.29 is 9.53 Å². The molecule has 0 aromatic heterocycles. The lowest BCUT2D eigenvalue weighted by Crippen LogP contribution is -1.98. The highest BCUT2D eigenvalue weighted by atomic mass is 16.5. The van der Waals surface area contributed by atoms with E-state index in [9.17, 15) is 4.79 Å². The van der Waals surface area contributed by atoms with Crippen LogP contribution in [-0.4, -0.2) is 5.97 Å². The minimum absolute atomic E-state index is 0.359. The second kappa shape index (κ2) is 7.12. The molecule has 2 aromatic rings. The molecule has 0 aliphatic heterocycles. The molecule has 0 bridgehead atoms. The van der Waals surface area contributed by atoms with E-state index >= 15 is 0 Å². The molecule has 0 fully saturated rings. The molecule has 0 amide bonds. The third-order valence-electron chi connectivity index (χ3n) is 2.75. The van der Waals surface area contributed by atoms with E-state index in [-0.39, 0.29) is 5.97 Å². The third-order valence-corrected chi connectivity index (χ3v) is 2.75. The lowest BCUT2D eigenvalue weighted by atomic mass is 10.1. The van der Waals surface area contributed by atoms with Crippen LogP contribution in [0.4, 0.5) is 0 Å². The predicted molar refractivity (Wildman–Crippen MR) is 84.2 cm³/mol. The Morgan fingerprint density at radius 1 is 1.10 bits per heavy atom. The number of esters is 1. The highest BCUT2D eigenvalue weighted by Crippen LogP contribution is 2.15. The number of rotatable bonds is 2. The zero-order chi connectivity index (χ0) is 15.1. The maximum absolute atomic E-state index is 11.2. The van der Waals surface area contributed by atoms with E-state index in [4.69, 9.17) is 4.74 Å². The lowest BCUT2D eigenvalue weighted by molar-refractivity contribution is -0.134. The van der Waals surface area contributed by atoms with E-state index in [0.29, 0.717) is 5.76 Å². The van der Waals surface area contributed by atoms with Crippen LogP contribution in [-0.2, 0) is 9.53 Å². The van der Waals surface area contributed by atoms with Crippen LogP contribution in [0.15, 0.2) is 60.7 Å². The maximum atomic E-state index is 11.2. The van der Waals surface area contributed by atoms with Gasteiger partial charge in [0.05, 0.1) is 0 Å². The number of hydrogen-bond acceptors (Lipinski definition) is 2. The Hall–Kier alpha value is -2.79. The Morgan fingerprint density at radius 2 is 1.86 bits per heavy atom. The molecule has 21 heavy (non-hydrogen) atoms. The molecule has 2 heteroatoms. The number of carbonyl (C=O) groups is 1. The second-order valence-corrected chi connectivity index (χ2v) is 4.61. The van der Waals surface area contributed by atoms with Gasteiger partial charge in [0, 0.05) is 24.1 Å². The van der Waals surface area contributed by atoms with E-state index in [0.717, 1.165) is 16.7 Å². The molecule has 2 nitrogen and oxygen atoms in total. The van der Waals surface area contributed by atoms with E-state index < -0.39 is 0 Å². The van der Waals surface area contributed by atoms with Gasteiger partial charge >= 0.3 is 5.97 Å². The van der Waals surface area contributed by atoms with Crippen molar-refractivity contribution in [2.75, 3.05) is 0 Å². The van der Waals surface area contributed by atoms with Crippen LogP contribution in [0.3, 0.4) is 0 Å².